The number of ether oxygens (including phenoxy) is 2. The number of nitrogens with zero attached hydrogens (tertiary/aromatic N) is 3. The summed E-state index contributed by atoms with van der Waals surface area (Å²) in [7, 11) is 4.42. The Morgan fingerprint density at radius 3 is 2.30 bits per heavy atom. The second kappa shape index (κ2) is 14.3. The van der Waals surface area contributed by atoms with Crippen LogP contribution in [0.5, 0.6) is 11.5 Å². The van der Waals surface area contributed by atoms with E-state index in [4.69, 9.17) is 32.7 Å². The monoisotopic (exact) mass is 648 g/mol. The summed E-state index contributed by atoms with van der Waals surface area (Å²) in [4.78, 5) is 35.0. The number of hydrogen-bond donors (Lipinski definition) is 3. The van der Waals surface area contributed by atoms with Gasteiger partial charge in [-0.3, -0.25) is 0 Å². The summed E-state index contributed by atoms with van der Waals surface area (Å²) in [5.41, 5.74) is 7.11. The zero-order valence-electron chi connectivity index (χ0n) is 22.8. The molecule has 3 aromatic rings. The van der Waals surface area contributed by atoms with Crippen LogP contribution in [0.15, 0.2) is 49.3 Å². The molecule has 0 spiro atoms. The third kappa shape index (κ3) is 7.81. The van der Waals surface area contributed by atoms with Crippen molar-refractivity contribution in [3.63, 3.8) is 0 Å². The molecule has 0 saturated heterocycles. The molecule has 1 heterocycles. The number of carbonyl (C=O) groups excluding carboxylic acids is 2. The fraction of sp³-hybridized carbons (Fsp3) is 0.259. The third-order valence-corrected chi connectivity index (χ3v) is 8.84. The molecule has 10 nitrogen and oxygen atoms in total. The van der Waals surface area contributed by atoms with Crippen LogP contribution in [0.25, 0.3) is 0 Å². The zero-order chi connectivity index (χ0) is 29.4. The van der Waals surface area contributed by atoms with Gasteiger partial charge in [-0.05, 0) is 0 Å². The fourth-order valence-corrected chi connectivity index (χ4v) is 5.60. The number of benzene rings is 2. The molecular formula is C27H31AsCl2N6O4. The van der Waals surface area contributed by atoms with Gasteiger partial charge in [-0.15, -0.1) is 0 Å². The Balaban J connectivity index is 1.87. The van der Waals surface area contributed by atoms with Crippen LogP contribution in [-0.2, 0) is 11.2 Å². The van der Waals surface area contributed by atoms with Crippen LogP contribution < -0.4 is 30.3 Å². The molecule has 0 aliphatic heterocycles. The van der Waals surface area contributed by atoms with Crippen molar-refractivity contribution in [1.29, 1.82) is 0 Å². The van der Waals surface area contributed by atoms with Gasteiger partial charge >= 0.3 is 169 Å². The first kappa shape index (κ1) is 31.1. The number of amides is 3. The Kier molecular flexibility index (Phi) is 11.1. The Bertz CT molecular complexity index is 1380. The van der Waals surface area contributed by atoms with Crippen LogP contribution in [0, 0.1) is 0 Å². The summed E-state index contributed by atoms with van der Waals surface area (Å²) in [5.74, 6) is 0.931. The molecule has 3 amide bonds. The van der Waals surface area contributed by atoms with Gasteiger partial charge in [-0.25, -0.2) is 0 Å². The Hall–Kier alpha value is -3.46. The first-order valence-corrected chi connectivity index (χ1v) is 17.9. The molecule has 0 atom stereocenters. The van der Waals surface area contributed by atoms with Gasteiger partial charge < -0.3 is 9.47 Å². The molecule has 40 heavy (non-hydrogen) atoms. The standard InChI is InChI=1S/C27H31AsCl2N6O4/c1-7-23(37)34-17-9-8-16(10-11-28(2)3)12-18(17)33-21-14-22(32-15-31-21)36(4)27(38)35-26-24(29)19(39-5)13-20(40-6)25(26)30/h7-9,12-15H,1,10-11H2,2-6H3,(H,34,37)(H,35,38)(H,31,32,33). The summed E-state index contributed by atoms with van der Waals surface area (Å²) < 4.78 is 10.5. The van der Waals surface area contributed by atoms with E-state index in [-0.39, 0.29) is 39.0 Å². The number of rotatable bonds is 11. The SMILES string of the molecule is C=CC(=O)Nc1ccc(CC[As](C)C)cc1Nc1cc(N(C)C(=O)Nc2c(Cl)c(OC)cc(OC)c2Cl)ncn1. The summed E-state index contributed by atoms with van der Waals surface area (Å²) in [5, 5.41) is 10.1. The first-order valence-electron chi connectivity index (χ1n) is 12.0. The van der Waals surface area contributed by atoms with E-state index in [1.165, 1.54) is 44.6 Å². The van der Waals surface area contributed by atoms with Crippen LogP contribution in [-0.4, -0.2) is 57.8 Å². The molecule has 3 rings (SSSR count). The molecule has 3 N–H and O–H groups in total. The van der Waals surface area contributed by atoms with Crippen molar-refractivity contribution < 1.29 is 19.1 Å². The van der Waals surface area contributed by atoms with Crippen LogP contribution in [0.4, 0.5) is 33.5 Å². The molecule has 0 bridgehead atoms. The average Bonchev–Trinajstić information content (AvgIpc) is 2.95. The van der Waals surface area contributed by atoms with Crippen molar-refractivity contribution in [3.8, 4) is 11.5 Å². The maximum atomic E-state index is 13.1. The van der Waals surface area contributed by atoms with E-state index < -0.39 is 20.7 Å². The number of carbonyl (C=O) groups is 2. The molecule has 1 aromatic heterocycles. The van der Waals surface area contributed by atoms with E-state index >= 15 is 0 Å². The van der Waals surface area contributed by atoms with Crippen molar-refractivity contribution in [2.75, 3.05) is 42.1 Å². The number of urea groups is 1. The summed E-state index contributed by atoms with van der Waals surface area (Å²) >= 11 is 12.0. The van der Waals surface area contributed by atoms with Gasteiger partial charge in [0.2, 0.25) is 0 Å². The van der Waals surface area contributed by atoms with Crippen LogP contribution in [0.2, 0.25) is 26.7 Å². The molecule has 0 unspecified atom stereocenters. The molecule has 212 valence electrons. The average molecular weight is 649 g/mol. The van der Waals surface area contributed by atoms with E-state index in [0.29, 0.717) is 17.2 Å². The Morgan fingerprint density at radius 2 is 1.70 bits per heavy atom. The number of halogens is 2. The first-order chi connectivity index (χ1) is 19.1. The molecule has 2 aromatic carbocycles. The zero-order valence-corrected chi connectivity index (χ0v) is 26.2. The van der Waals surface area contributed by atoms with Crippen molar-refractivity contribution >= 4 is 78.5 Å². The second-order valence-corrected chi connectivity index (χ2v) is 15.0. The molecule has 0 saturated carbocycles. The molecule has 0 aliphatic carbocycles. The van der Waals surface area contributed by atoms with Crippen molar-refractivity contribution in [2.45, 2.75) is 23.1 Å². The van der Waals surface area contributed by atoms with Crippen LogP contribution in [0.1, 0.15) is 5.56 Å². The number of aryl methyl sites for hydroxylation is 1. The summed E-state index contributed by atoms with van der Waals surface area (Å²) in [6.07, 6.45) is 3.47. The van der Waals surface area contributed by atoms with Gasteiger partial charge in [0.05, 0.1) is 19.9 Å². The van der Waals surface area contributed by atoms with Gasteiger partial charge in [0.25, 0.3) is 0 Å². The van der Waals surface area contributed by atoms with Gasteiger partial charge in [-0.1, -0.05) is 23.2 Å². The van der Waals surface area contributed by atoms with Crippen molar-refractivity contribution in [2.24, 2.45) is 0 Å². The summed E-state index contributed by atoms with van der Waals surface area (Å²) in [6, 6.07) is 8.38. The second-order valence-electron chi connectivity index (χ2n) is 8.79. The molecule has 0 aliphatic rings. The number of aromatic nitrogens is 2. The van der Waals surface area contributed by atoms with Gasteiger partial charge in [-0.2, -0.15) is 0 Å². The number of nitrogens with one attached hydrogen (secondary N) is 3. The molecule has 13 heteroatoms. The Labute approximate surface area is 248 Å². The van der Waals surface area contributed by atoms with E-state index in [2.05, 4.69) is 43.9 Å². The van der Waals surface area contributed by atoms with Crippen LogP contribution in [0.3, 0.4) is 0 Å². The Morgan fingerprint density at radius 1 is 1.02 bits per heavy atom. The van der Waals surface area contributed by atoms with E-state index in [9.17, 15) is 9.59 Å². The predicted octanol–water partition coefficient (Wildman–Crippen LogP) is 6.63. The van der Waals surface area contributed by atoms with Gasteiger partial charge in [0, 0.05) is 6.07 Å². The van der Waals surface area contributed by atoms with E-state index in [1.807, 2.05) is 18.2 Å². The fourth-order valence-electron chi connectivity index (χ4n) is 3.52. The van der Waals surface area contributed by atoms with Gasteiger partial charge in [0.1, 0.15) is 21.5 Å². The predicted molar refractivity (Wildman–Crippen MR) is 164 cm³/mol. The quantitative estimate of drug-likeness (QED) is 0.158. The van der Waals surface area contributed by atoms with Crippen LogP contribution >= 0.6 is 23.2 Å². The van der Waals surface area contributed by atoms with Crippen molar-refractivity contribution in [1.82, 2.24) is 9.97 Å². The third-order valence-electron chi connectivity index (χ3n) is 5.74. The minimum atomic E-state index is -0.798. The number of methoxy groups -OCH3 is 2. The number of hydrogen-bond acceptors (Lipinski definition) is 7. The molecular weight excluding hydrogens is 618 g/mol. The molecule has 0 fully saturated rings. The minimum absolute atomic E-state index is 0.120. The maximum absolute atomic E-state index is 13.1. The van der Waals surface area contributed by atoms with E-state index in [0.717, 1.165) is 17.2 Å². The van der Waals surface area contributed by atoms with E-state index in [1.54, 1.807) is 6.07 Å². The normalized spacial score (nSPS) is 10.6. The number of anilines is 5. The topological polar surface area (TPSA) is 118 Å². The summed E-state index contributed by atoms with van der Waals surface area (Å²) in [6.45, 7) is 3.52. The molecule has 0 radical (unpaired) electrons. The van der Waals surface area contributed by atoms with Gasteiger partial charge in [0.15, 0.2) is 0 Å². The van der Waals surface area contributed by atoms with Crippen molar-refractivity contribution in [3.05, 3.63) is 64.9 Å².